The lowest BCUT2D eigenvalue weighted by Crippen LogP contribution is -2.45. The van der Waals surface area contributed by atoms with Crippen LogP contribution in [0.3, 0.4) is 0 Å². The summed E-state index contributed by atoms with van der Waals surface area (Å²) in [6.07, 6.45) is -7.73. The number of aryl methyl sites for hydroxylation is 1. The Bertz CT molecular complexity index is 1150. The van der Waals surface area contributed by atoms with E-state index in [9.17, 15) is 35.9 Å². The van der Waals surface area contributed by atoms with Crippen LogP contribution in [-0.4, -0.2) is 57.7 Å². The van der Waals surface area contributed by atoms with Crippen LogP contribution in [0.1, 0.15) is 40.9 Å². The number of halogens is 7. The molecule has 0 radical (unpaired) electrons. The molecule has 3 heterocycles. The third-order valence-electron chi connectivity index (χ3n) is 6.76. The van der Waals surface area contributed by atoms with E-state index in [1.807, 2.05) is 0 Å². The van der Waals surface area contributed by atoms with E-state index in [0.29, 0.717) is 32.4 Å². The number of urea groups is 1. The van der Waals surface area contributed by atoms with E-state index in [-0.39, 0.29) is 29.3 Å². The van der Waals surface area contributed by atoms with Gasteiger partial charge in [0, 0.05) is 38.9 Å². The van der Waals surface area contributed by atoms with Crippen LogP contribution >= 0.6 is 11.6 Å². The van der Waals surface area contributed by atoms with Crippen molar-refractivity contribution in [2.75, 3.05) is 31.5 Å². The first-order valence-electron chi connectivity index (χ1n) is 11.0. The van der Waals surface area contributed by atoms with Crippen molar-refractivity contribution in [1.29, 1.82) is 0 Å². The zero-order chi connectivity index (χ0) is 26.5. The van der Waals surface area contributed by atoms with Crippen molar-refractivity contribution in [3.63, 3.8) is 0 Å². The van der Waals surface area contributed by atoms with Gasteiger partial charge in [-0.2, -0.15) is 31.4 Å². The number of piperidine rings is 1. The van der Waals surface area contributed by atoms with Gasteiger partial charge in [0.15, 0.2) is 5.69 Å². The topological polar surface area (TPSA) is 70.5 Å². The second kappa shape index (κ2) is 9.16. The predicted octanol–water partition coefficient (Wildman–Crippen LogP) is 5.27. The Morgan fingerprint density at radius 1 is 0.944 bits per heavy atom. The van der Waals surface area contributed by atoms with Gasteiger partial charge >= 0.3 is 18.4 Å². The molecule has 1 spiro atoms. The Labute approximate surface area is 207 Å². The molecule has 0 unspecified atom stereocenters. The average Bonchev–Trinajstić information content (AvgIpc) is 3.35. The number of aromatic nitrogens is 2. The highest BCUT2D eigenvalue weighted by Crippen LogP contribution is 2.42. The van der Waals surface area contributed by atoms with Crippen LogP contribution in [-0.2, 0) is 19.4 Å². The van der Waals surface area contributed by atoms with Gasteiger partial charge in [-0.25, -0.2) is 4.79 Å². The van der Waals surface area contributed by atoms with Crippen molar-refractivity contribution >= 4 is 29.2 Å². The summed E-state index contributed by atoms with van der Waals surface area (Å²) in [5.41, 5.74) is -2.90. The summed E-state index contributed by atoms with van der Waals surface area (Å²) in [4.78, 5) is 28.4. The molecule has 1 aromatic heterocycles. The third kappa shape index (κ3) is 5.11. The van der Waals surface area contributed by atoms with Crippen molar-refractivity contribution < 1.29 is 35.9 Å². The van der Waals surface area contributed by atoms with Crippen molar-refractivity contribution in [3.05, 3.63) is 46.2 Å². The van der Waals surface area contributed by atoms with Crippen LogP contribution in [0, 0.1) is 5.41 Å². The molecule has 0 aliphatic carbocycles. The van der Waals surface area contributed by atoms with E-state index < -0.39 is 41.1 Å². The van der Waals surface area contributed by atoms with E-state index in [1.54, 1.807) is 4.90 Å². The number of nitrogens with one attached hydrogen (secondary N) is 1. The molecule has 2 fully saturated rings. The summed E-state index contributed by atoms with van der Waals surface area (Å²) < 4.78 is 79.0. The fraction of sp³-hybridized carbons (Fsp3) is 0.500. The third-order valence-corrected chi connectivity index (χ3v) is 7.19. The molecular weight excluding hydrogens is 516 g/mol. The largest absolute Gasteiger partial charge is 0.436 e. The highest BCUT2D eigenvalue weighted by molar-refractivity contribution is 6.33. The van der Waals surface area contributed by atoms with Gasteiger partial charge in [0.2, 0.25) is 0 Å². The Hall–Kier alpha value is -2.96. The van der Waals surface area contributed by atoms with E-state index >= 15 is 0 Å². The first-order valence-corrected chi connectivity index (χ1v) is 11.4. The number of carbonyl (C=O) groups excluding carboxylic acids is 2. The fourth-order valence-electron chi connectivity index (χ4n) is 4.70. The van der Waals surface area contributed by atoms with Crippen LogP contribution in [0.25, 0.3) is 0 Å². The van der Waals surface area contributed by atoms with Gasteiger partial charge in [-0.3, -0.25) is 9.48 Å². The van der Waals surface area contributed by atoms with Gasteiger partial charge in [0.05, 0.1) is 5.56 Å². The van der Waals surface area contributed by atoms with Gasteiger partial charge in [0.1, 0.15) is 10.7 Å². The predicted molar refractivity (Wildman–Crippen MR) is 117 cm³/mol. The van der Waals surface area contributed by atoms with Crippen LogP contribution in [0.4, 0.5) is 36.8 Å². The summed E-state index contributed by atoms with van der Waals surface area (Å²) in [7, 11) is 1.22. The Morgan fingerprint density at radius 2 is 1.50 bits per heavy atom. The van der Waals surface area contributed by atoms with Crippen molar-refractivity contribution in [2.45, 2.75) is 31.6 Å². The van der Waals surface area contributed by atoms with E-state index in [2.05, 4.69) is 10.4 Å². The minimum absolute atomic E-state index is 0.190. The quantitative estimate of drug-likeness (QED) is 0.531. The molecule has 7 nitrogen and oxygen atoms in total. The molecule has 4 rings (SSSR count). The summed E-state index contributed by atoms with van der Waals surface area (Å²) in [5, 5.41) is 5.55. The first kappa shape index (κ1) is 26.1. The van der Waals surface area contributed by atoms with Crippen LogP contribution in [0.2, 0.25) is 5.15 Å². The number of rotatable bonds is 2. The molecule has 0 saturated carbocycles. The van der Waals surface area contributed by atoms with Crippen LogP contribution in [0.15, 0.2) is 24.3 Å². The summed E-state index contributed by atoms with van der Waals surface area (Å²) in [5.74, 6) is -0.842. The van der Waals surface area contributed by atoms with Crippen LogP contribution in [0.5, 0.6) is 0 Å². The zero-order valence-corrected chi connectivity index (χ0v) is 19.8. The number of carbonyl (C=O) groups is 2. The molecule has 1 N–H and O–H groups in total. The number of likely N-dealkylation sites (tertiary alicyclic amines) is 2. The monoisotopic (exact) mass is 537 g/mol. The smallest absolute Gasteiger partial charge is 0.338 e. The Morgan fingerprint density at radius 3 is 2.03 bits per heavy atom. The first-order chi connectivity index (χ1) is 16.7. The standard InChI is InChI=1S/C22H22ClF6N5O2/c1-32-17(23)15(16(31-32)22(27,28)29)18(35)33-9-6-20(7-10-33)8-11-34(12-20)19(36)30-14-4-2-13(3-5-14)21(24,25)26/h2-5H,6-12H2,1H3,(H,30,36). The molecule has 1 aromatic carbocycles. The Kier molecular flexibility index (Phi) is 6.65. The second-order valence-corrected chi connectivity index (χ2v) is 9.46. The molecule has 3 amide bonds. The van der Waals surface area contributed by atoms with Crippen molar-refractivity contribution in [1.82, 2.24) is 19.6 Å². The molecule has 36 heavy (non-hydrogen) atoms. The minimum Gasteiger partial charge on any atom is -0.338 e. The lowest BCUT2D eigenvalue weighted by atomic mass is 9.77. The van der Waals surface area contributed by atoms with Gasteiger partial charge in [-0.15, -0.1) is 0 Å². The maximum absolute atomic E-state index is 13.4. The SMILES string of the molecule is Cn1nc(C(F)(F)F)c(C(=O)N2CCC3(CCN(C(=O)Nc4ccc(C(F)(F)F)cc4)C3)CC2)c1Cl. The molecule has 0 bridgehead atoms. The number of hydrogen-bond acceptors (Lipinski definition) is 3. The molecule has 2 aliphatic heterocycles. The molecular formula is C22H22ClF6N5O2. The van der Waals surface area contributed by atoms with E-state index in [0.717, 1.165) is 16.8 Å². The summed E-state index contributed by atoms with van der Waals surface area (Å²) >= 11 is 5.95. The van der Waals surface area contributed by atoms with Crippen molar-refractivity contribution in [2.24, 2.45) is 12.5 Å². The van der Waals surface area contributed by atoms with E-state index in [1.165, 1.54) is 24.1 Å². The second-order valence-electron chi connectivity index (χ2n) is 9.10. The lowest BCUT2D eigenvalue weighted by Gasteiger charge is -2.39. The summed E-state index contributed by atoms with van der Waals surface area (Å²) in [6.45, 7) is 1.15. The molecule has 14 heteroatoms. The number of benzene rings is 1. The molecule has 2 saturated heterocycles. The number of nitrogens with zero attached hydrogens (tertiary/aromatic N) is 4. The average molecular weight is 538 g/mol. The molecule has 0 atom stereocenters. The molecule has 196 valence electrons. The van der Waals surface area contributed by atoms with Crippen molar-refractivity contribution in [3.8, 4) is 0 Å². The number of amides is 3. The molecule has 2 aliphatic rings. The Balaban J connectivity index is 1.36. The highest BCUT2D eigenvalue weighted by Gasteiger charge is 2.46. The highest BCUT2D eigenvalue weighted by atomic mass is 35.5. The lowest BCUT2D eigenvalue weighted by molar-refractivity contribution is -0.142. The number of alkyl halides is 6. The van der Waals surface area contributed by atoms with E-state index in [4.69, 9.17) is 11.6 Å². The zero-order valence-electron chi connectivity index (χ0n) is 19.0. The van der Waals surface area contributed by atoms with Gasteiger partial charge in [-0.1, -0.05) is 11.6 Å². The van der Waals surface area contributed by atoms with Gasteiger partial charge in [-0.05, 0) is 48.9 Å². The summed E-state index contributed by atoms with van der Waals surface area (Å²) in [6, 6.07) is 3.66. The maximum Gasteiger partial charge on any atom is 0.436 e. The van der Waals surface area contributed by atoms with Gasteiger partial charge < -0.3 is 15.1 Å². The molecule has 2 aromatic rings. The normalized spacial score (nSPS) is 18.1. The van der Waals surface area contributed by atoms with Gasteiger partial charge in [0.25, 0.3) is 5.91 Å². The number of anilines is 1. The maximum atomic E-state index is 13.4. The number of hydrogen-bond donors (Lipinski definition) is 1. The van der Waals surface area contributed by atoms with Crippen LogP contribution < -0.4 is 5.32 Å². The fourth-order valence-corrected chi connectivity index (χ4v) is 4.90. The minimum atomic E-state index is -4.83.